The molecule has 1 aliphatic heterocycles. The molecule has 0 aliphatic carbocycles. The summed E-state index contributed by atoms with van der Waals surface area (Å²) in [6, 6.07) is 18.5. The van der Waals surface area contributed by atoms with Crippen molar-refractivity contribution in [2.45, 2.75) is 32.1 Å². The van der Waals surface area contributed by atoms with Crippen LogP contribution in [-0.2, 0) is 4.74 Å². The molecule has 2 atom stereocenters. The van der Waals surface area contributed by atoms with Crippen molar-refractivity contribution in [3.05, 3.63) is 60.2 Å². The first-order valence-corrected chi connectivity index (χ1v) is 8.89. The SMILES string of the molecule is COc1ccccc1OC(c1ccccc1)C1CN(C(C)C)CCO1. The Balaban J connectivity index is 1.88. The summed E-state index contributed by atoms with van der Waals surface area (Å²) in [6.07, 6.45) is -0.206. The summed E-state index contributed by atoms with van der Waals surface area (Å²) in [6.45, 7) is 6.99. The molecule has 0 amide bonds. The average Bonchev–Trinajstić information content (AvgIpc) is 2.67. The molecular formula is C21H27NO3. The van der Waals surface area contributed by atoms with E-state index in [1.54, 1.807) is 7.11 Å². The first-order chi connectivity index (χ1) is 12.2. The fourth-order valence-corrected chi connectivity index (χ4v) is 3.20. The van der Waals surface area contributed by atoms with Crippen LogP contribution < -0.4 is 9.47 Å². The first kappa shape index (κ1) is 17.8. The monoisotopic (exact) mass is 341 g/mol. The maximum atomic E-state index is 6.41. The van der Waals surface area contributed by atoms with Crippen LogP contribution in [0.4, 0.5) is 0 Å². The topological polar surface area (TPSA) is 30.9 Å². The Morgan fingerprint density at radius 1 is 1.00 bits per heavy atom. The molecule has 0 aromatic heterocycles. The van der Waals surface area contributed by atoms with Crippen molar-refractivity contribution < 1.29 is 14.2 Å². The second kappa shape index (κ2) is 8.37. The van der Waals surface area contributed by atoms with Crippen LogP contribution in [-0.4, -0.2) is 43.9 Å². The molecule has 2 aromatic rings. The second-order valence-electron chi connectivity index (χ2n) is 6.60. The Hall–Kier alpha value is -2.04. The van der Waals surface area contributed by atoms with Crippen molar-refractivity contribution in [3.63, 3.8) is 0 Å². The van der Waals surface area contributed by atoms with Gasteiger partial charge in [-0.25, -0.2) is 0 Å². The van der Waals surface area contributed by atoms with Gasteiger partial charge in [0.2, 0.25) is 0 Å². The van der Waals surface area contributed by atoms with Crippen LogP contribution in [0.25, 0.3) is 0 Å². The van der Waals surface area contributed by atoms with Gasteiger partial charge < -0.3 is 14.2 Å². The van der Waals surface area contributed by atoms with Crippen LogP contribution in [0.2, 0.25) is 0 Å². The van der Waals surface area contributed by atoms with Gasteiger partial charge in [-0.1, -0.05) is 42.5 Å². The molecular weight excluding hydrogens is 314 g/mol. The molecule has 4 heteroatoms. The highest BCUT2D eigenvalue weighted by Gasteiger charge is 2.32. The number of ether oxygens (including phenoxy) is 3. The van der Waals surface area contributed by atoms with E-state index in [-0.39, 0.29) is 12.2 Å². The molecule has 25 heavy (non-hydrogen) atoms. The van der Waals surface area contributed by atoms with Crippen molar-refractivity contribution in [3.8, 4) is 11.5 Å². The summed E-state index contributed by atoms with van der Waals surface area (Å²) in [5.41, 5.74) is 1.11. The summed E-state index contributed by atoms with van der Waals surface area (Å²) in [5.74, 6) is 1.48. The Labute approximate surface area is 150 Å². The molecule has 1 aliphatic rings. The zero-order valence-electron chi connectivity index (χ0n) is 15.2. The number of methoxy groups -OCH3 is 1. The zero-order chi connectivity index (χ0) is 17.6. The van der Waals surface area contributed by atoms with Crippen LogP contribution in [0.5, 0.6) is 11.5 Å². The molecule has 0 saturated carbocycles. The van der Waals surface area contributed by atoms with Crippen LogP contribution in [0.15, 0.2) is 54.6 Å². The minimum atomic E-state index is -0.181. The summed E-state index contributed by atoms with van der Waals surface area (Å²) in [5, 5.41) is 0. The number of hydrogen-bond donors (Lipinski definition) is 0. The quantitative estimate of drug-likeness (QED) is 0.797. The predicted molar refractivity (Wildman–Crippen MR) is 99.3 cm³/mol. The minimum Gasteiger partial charge on any atom is -0.493 e. The van der Waals surface area contributed by atoms with Gasteiger partial charge in [-0.05, 0) is 31.5 Å². The average molecular weight is 341 g/mol. The number of benzene rings is 2. The highest BCUT2D eigenvalue weighted by molar-refractivity contribution is 5.40. The Morgan fingerprint density at radius 2 is 1.68 bits per heavy atom. The molecule has 134 valence electrons. The molecule has 0 radical (unpaired) electrons. The van der Waals surface area contributed by atoms with E-state index >= 15 is 0 Å². The number of rotatable bonds is 6. The van der Waals surface area contributed by atoms with Crippen molar-refractivity contribution in [1.82, 2.24) is 4.90 Å². The fourth-order valence-electron chi connectivity index (χ4n) is 3.20. The van der Waals surface area contributed by atoms with E-state index in [9.17, 15) is 0 Å². The van der Waals surface area contributed by atoms with Crippen LogP contribution in [0, 0.1) is 0 Å². The van der Waals surface area contributed by atoms with Gasteiger partial charge in [-0.2, -0.15) is 0 Å². The Kier molecular flexibility index (Phi) is 5.95. The van der Waals surface area contributed by atoms with Gasteiger partial charge in [0, 0.05) is 19.1 Å². The standard InChI is InChI=1S/C21H27NO3/c1-16(2)22-13-14-24-20(15-22)21(17-9-5-4-6-10-17)25-19-12-8-7-11-18(19)23-3/h4-12,16,20-21H,13-15H2,1-3H3. The lowest BCUT2D eigenvalue weighted by molar-refractivity contribution is -0.0888. The third-order valence-corrected chi connectivity index (χ3v) is 4.64. The highest BCUT2D eigenvalue weighted by atomic mass is 16.6. The van der Waals surface area contributed by atoms with Crippen molar-refractivity contribution in [1.29, 1.82) is 0 Å². The van der Waals surface area contributed by atoms with Gasteiger partial charge >= 0.3 is 0 Å². The molecule has 0 bridgehead atoms. The van der Waals surface area contributed by atoms with E-state index in [2.05, 4.69) is 30.9 Å². The number of hydrogen-bond acceptors (Lipinski definition) is 4. The minimum absolute atomic E-state index is 0.0246. The zero-order valence-corrected chi connectivity index (χ0v) is 15.2. The van der Waals surface area contributed by atoms with E-state index < -0.39 is 0 Å². The van der Waals surface area contributed by atoms with E-state index in [4.69, 9.17) is 14.2 Å². The normalized spacial score (nSPS) is 19.6. The van der Waals surface area contributed by atoms with E-state index in [0.29, 0.717) is 6.04 Å². The van der Waals surface area contributed by atoms with Crippen molar-refractivity contribution in [2.75, 3.05) is 26.8 Å². The summed E-state index contributed by atoms with van der Waals surface area (Å²) >= 11 is 0. The maximum Gasteiger partial charge on any atom is 0.162 e. The number of nitrogens with zero attached hydrogens (tertiary/aromatic N) is 1. The molecule has 2 unspecified atom stereocenters. The van der Waals surface area contributed by atoms with Gasteiger partial charge in [0.25, 0.3) is 0 Å². The lowest BCUT2D eigenvalue weighted by atomic mass is 10.0. The molecule has 4 nitrogen and oxygen atoms in total. The second-order valence-corrected chi connectivity index (χ2v) is 6.60. The van der Waals surface area contributed by atoms with E-state index in [1.165, 1.54) is 0 Å². The lowest BCUT2D eigenvalue weighted by Crippen LogP contribution is -2.48. The van der Waals surface area contributed by atoms with Crippen LogP contribution in [0.1, 0.15) is 25.5 Å². The van der Waals surface area contributed by atoms with Crippen molar-refractivity contribution >= 4 is 0 Å². The predicted octanol–water partition coefficient (Wildman–Crippen LogP) is 3.92. The van der Waals surface area contributed by atoms with Gasteiger partial charge in [0.1, 0.15) is 6.10 Å². The Bertz CT molecular complexity index is 659. The van der Waals surface area contributed by atoms with Gasteiger partial charge in [0.15, 0.2) is 17.6 Å². The lowest BCUT2D eigenvalue weighted by Gasteiger charge is -2.39. The van der Waals surface area contributed by atoms with E-state index in [0.717, 1.165) is 36.8 Å². The largest absolute Gasteiger partial charge is 0.493 e. The van der Waals surface area contributed by atoms with Crippen molar-refractivity contribution in [2.24, 2.45) is 0 Å². The first-order valence-electron chi connectivity index (χ1n) is 8.89. The third kappa shape index (κ3) is 4.33. The van der Waals surface area contributed by atoms with Crippen LogP contribution in [0.3, 0.4) is 0 Å². The number of morpholine rings is 1. The maximum absolute atomic E-state index is 6.41. The molecule has 0 spiro atoms. The summed E-state index contributed by atoms with van der Waals surface area (Å²) < 4.78 is 18.0. The molecule has 1 heterocycles. The van der Waals surface area contributed by atoms with Crippen LogP contribution >= 0.6 is 0 Å². The molecule has 0 N–H and O–H groups in total. The van der Waals surface area contributed by atoms with Gasteiger partial charge in [0.05, 0.1) is 13.7 Å². The van der Waals surface area contributed by atoms with Gasteiger partial charge in [-0.15, -0.1) is 0 Å². The molecule has 3 rings (SSSR count). The highest BCUT2D eigenvalue weighted by Crippen LogP contribution is 2.34. The van der Waals surface area contributed by atoms with E-state index in [1.807, 2.05) is 42.5 Å². The smallest absolute Gasteiger partial charge is 0.162 e. The number of para-hydroxylation sites is 2. The Morgan fingerprint density at radius 3 is 2.36 bits per heavy atom. The third-order valence-electron chi connectivity index (χ3n) is 4.64. The summed E-state index contributed by atoms with van der Waals surface area (Å²) in [7, 11) is 1.66. The molecule has 2 aromatic carbocycles. The fraction of sp³-hybridized carbons (Fsp3) is 0.429. The summed E-state index contributed by atoms with van der Waals surface area (Å²) in [4.78, 5) is 2.44. The molecule has 1 saturated heterocycles. The van der Waals surface area contributed by atoms with Gasteiger partial charge in [-0.3, -0.25) is 4.90 Å². The molecule has 1 fully saturated rings.